The topological polar surface area (TPSA) is 55.4 Å². The normalized spacial score (nSPS) is 11.0. The molecule has 1 N–H and O–H groups in total. The smallest absolute Gasteiger partial charge is 0.341 e. The maximum atomic E-state index is 12.3. The molecular formula is C19H19Cl2NO3S. The fourth-order valence-electron chi connectivity index (χ4n) is 2.49. The molecule has 0 saturated heterocycles. The number of hydrogen-bond donors (Lipinski definition) is 1. The highest BCUT2D eigenvalue weighted by molar-refractivity contribution is 7.16. The Hall–Kier alpha value is -1.82. The number of thiophene rings is 1. The number of hydrogen-bond acceptors (Lipinski definition) is 4. The summed E-state index contributed by atoms with van der Waals surface area (Å²) in [6, 6.07) is 5.12. The maximum Gasteiger partial charge on any atom is 0.341 e. The van der Waals surface area contributed by atoms with Crippen molar-refractivity contribution in [3.8, 4) is 0 Å². The molecule has 1 aromatic carbocycles. The minimum Gasteiger partial charge on any atom is -0.462 e. The van der Waals surface area contributed by atoms with Gasteiger partial charge in [-0.15, -0.1) is 11.3 Å². The van der Waals surface area contributed by atoms with Crippen molar-refractivity contribution >= 4 is 57.5 Å². The van der Waals surface area contributed by atoms with Crippen molar-refractivity contribution in [2.45, 2.75) is 27.2 Å². The molecule has 1 heterocycles. The van der Waals surface area contributed by atoms with Gasteiger partial charge in [0, 0.05) is 26.6 Å². The lowest BCUT2D eigenvalue weighted by molar-refractivity contribution is -0.111. The van der Waals surface area contributed by atoms with E-state index in [0.717, 1.165) is 10.4 Å². The van der Waals surface area contributed by atoms with E-state index in [-0.39, 0.29) is 12.5 Å². The van der Waals surface area contributed by atoms with E-state index in [9.17, 15) is 9.59 Å². The number of carbonyl (C=O) groups is 2. The van der Waals surface area contributed by atoms with Crippen molar-refractivity contribution in [3.63, 3.8) is 0 Å². The molecule has 2 aromatic rings. The number of nitrogens with one attached hydrogen (secondary N) is 1. The average Bonchev–Trinajstić information content (AvgIpc) is 2.89. The van der Waals surface area contributed by atoms with Crippen LogP contribution in [0.25, 0.3) is 6.08 Å². The van der Waals surface area contributed by atoms with Gasteiger partial charge in [0.25, 0.3) is 0 Å². The van der Waals surface area contributed by atoms with Crippen molar-refractivity contribution in [2.75, 3.05) is 11.9 Å². The molecule has 0 bridgehead atoms. The summed E-state index contributed by atoms with van der Waals surface area (Å²) in [4.78, 5) is 25.6. The first-order valence-electron chi connectivity index (χ1n) is 8.11. The Morgan fingerprint density at radius 3 is 2.46 bits per heavy atom. The van der Waals surface area contributed by atoms with Crippen LogP contribution >= 0.6 is 34.5 Å². The third-order valence-electron chi connectivity index (χ3n) is 3.68. The number of carbonyl (C=O) groups excluding carboxylic acids is 2. The maximum absolute atomic E-state index is 12.3. The summed E-state index contributed by atoms with van der Waals surface area (Å²) >= 11 is 13.5. The van der Waals surface area contributed by atoms with Crippen LogP contribution in [0.5, 0.6) is 0 Å². The van der Waals surface area contributed by atoms with E-state index in [1.807, 2.05) is 13.8 Å². The summed E-state index contributed by atoms with van der Waals surface area (Å²) in [6.45, 7) is 5.90. The standard InChI is InChI=1S/C19H19Cl2NO3S/c1-4-12-11(3)26-18(17(12)19(24)25-5-2)22-16(23)10-9-13-14(20)7-6-8-15(13)21/h6-10H,4-5H2,1-3H3,(H,22,23)/b10-9+. The van der Waals surface area contributed by atoms with Crippen LogP contribution in [0.3, 0.4) is 0 Å². The lowest BCUT2D eigenvalue weighted by Crippen LogP contribution is -2.13. The molecule has 26 heavy (non-hydrogen) atoms. The Kier molecular flexibility index (Phi) is 7.26. The summed E-state index contributed by atoms with van der Waals surface area (Å²) in [6.07, 6.45) is 3.56. The van der Waals surface area contributed by atoms with E-state index in [2.05, 4.69) is 5.32 Å². The van der Waals surface area contributed by atoms with Crippen molar-refractivity contribution in [3.05, 3.63) is 55.9 Å². The number of esters is 1. The molecule has 4 nitrogen and oxygen atoms in total. The van der Waals surface area contributed by atoms with Gasteiger partial charge in [-0.25, -0.2) is 4.79 Å². The molecule has 2 rings (SSSR count). The van der Waals surface area contributed by atoms with Crippen LogP contribution in [-0.2, 0) is 16.0 Å². The monoisotopic (exact) mass is 411 g/mol. The fourth-order valence-corrected chi connectivity index (χ4v) is 4.15. The molecule has 7 heteroatoms. The number of ether oxygens (including phenoxy) is 1. The zero-order valence-corrected chi connectivity index (χ0v) is 17.0. The van der Waals surface area contributed by atoms with E-state index >= 15 is 0 Å². The Bertz CT molecular complexity index is 838. The molecule has 0 saturated carbocycles. The largest absolute Gasteiger partial charge is 0.462 e. The second-order valence-electron chi connectivity index (χ2n) is 5.37. The average molecular weight is 412 g/mol. The quantitative estimate of drug-likeness (QED) is 0.485. The molecule has 0 atom stereocenters. The lowest BCUT2D eigenvalue weighted by atomic mass is 10.1. The first-order chi connectivity index (χ1) is 12.4. The van der Waals surface area contributed by atoms with E-state index in [4.69, 9.17) is 27.9 Å². The van der Waals surface area contributed by atoms with Crippen LogP contribution in [0.4, 0.5) is 5.00 Å². The fraction of sp³-hybridized carbons (Fsp3) is 0.263. The van der Waals surface area contributed by atoms with E-state index in [1.165, 1.54) is 17.4 Å². The van der Waals surface area contributed by atoms with Crippen LogP contribution in [0, 0.1) is 6.92 Å². The molecule has 138 valence electrons. The minimum atomic E-state index is -0.429. The second-order valence-corrected chi connectivity index (χ2v) is 7.41. The summed E-state index contributed by atoms with van der Waals surface area (Å²) < 4.78 is 5.13. The predicted molar refractivity (Wildman–Crippen MR) is 109 cm³/mol. The third-order valence-corrected chi connectivity index (χ3v) is 5.40. The summed E-state index contributed by atoms with van der Waals surface area (Å²) in [5.74, 6) is -0.808. The van der Waals surface area contributed by atoms with Crippen LogP contribution in [0.2, 0.25) is 10.0 Å². The van der Waals surface area contributed by atoms with Crippen molar-refractivity contribution in [1.29, 1.82) is 0 Å². The lowest BCUT2D eigenvalue weighted by Gasteiger charge is -2.07. The Balaban J connectivity index is 2.26. The van der Waals surface area contributed by atoms with Crippen LogP contribution in [-0.4, -0.2) is 18.5 Å². The number of aryl methyl sites for hydroxylation is 1. The summed E-state index contributed by atoms with van der Waals surface area (Å²) in [5.41, 5.74) is 1.88. The van der Waals surface area contributed by atoms with Gasteiger partial charge in [0.2, 0.25) is 5.91 Å². The van der Waals surface area contributed by atoms with Crippen LogP contribution in [0.1, 0.15) is 40.2 Å². The summed E-state index contributed by atoms with van der Waals surface area (Å²) in [5, 5.41) is 4.15. The summed E-state index contributed by atoms with van der Waals surface area (Å²) in [7, 11) is 0. The van der Waals surface area contributed by atoms with Gasteiger partial charge in [-0.3, -0.25) is 4.79 Å². The van der Waals surface area contributed by atoms with Gasteiger partial charge in [0.05, 0.1) is 12.2 Å². The highest BCUT2D eigenvalue weighted by Gasteiger charge is 2.23. The number of rotatable bonds is 6. The van der Waals surface area contributed by atoms with Crippen molar-refractivity contribution < 1.29 is 14.3 Å². The molecule has 0 aliphatic heterocycles. The van der Waals surface area contributed by atoms with Gasteiger partial charge >= 0.3 is 5.97 Å². The van der Waals surface area contributed by atoms with E-state index in [1.54, 1.807) is 31.2 Å². The second kappa shape index (κ2) is 9.21. The predicted octanol–water partition coefficient (Wildman–Crippen LogP) is 5.75. The minimum absolute atomic E-state index is 0.273. The Morgan fingerprint density at radius 1 is 1.23 bits per heavy atom. The molecule has 1 amide bonds. The molecule has 0 aliphatic carbocycles. The number of halogens is 2. The van der Waals surface area contributed by atoms with Crippen molar-refractivity contribution in [2.24, 2.45) is 0 Å². The zero-order chi connectivity index (χ0) is 19.3. The van der Waals surface area contributed by atoms with Crippen LogP contribution < -0.4 is 5.32 Å². The molecule has 1 aromatic heterocycles. The highest BCUT2D eigenvalue weighted by Crippen LogP contribution is 2.34. The highest BCUT2D eigenvalue weighted by atomic mass is 35.5. The molecule has 0 fully saturated rings. The van der Waals surface area contributed by atoms with Gasteiger partial charge in [-0.2, -0.15) is 0 Å². The first kappa shape index (κ1) is 20.5. The van der Waals surface area contributed by atoms with Gasteiger partial charge in [0.1, 0.15) is 5.00 Å². The van der Waals surface area contributed by atoms with Gasteiger partial charge in [-0.1, -0.05) is 36.2 Å². The number of benzene rings is 1. The van der Waals surface area contributed by atoms with E-state index < -0.39 is 5.97 Å². The molecule has 0 spiro atoms. The molecule has 0 aliphatic rings. The number of anilines is 1. The van der Waals surface area contributed by atoms with Gasteiger partial charge in [-0.05, 0) is 44.0 Å². The third kappa shape index (κ3) is 4.67. The van der Waals surface area contributed by atoms with Crippen LogP contribution in [0.15, 0.2) is 24.3 Å². The molecule has 0 unspecified atom stereocenters. The van der Waals surface area contributed by atoms with Crippen molar-refractivity contribution in [1.82, 2.24) is 0 Å². The van der Waals surface area contributed by atoms with Gasteiger partial charge < -0.3 is 10.1 Å². The van der Waals surface area contributed by atoms with E-state index in [0.29, 0.717) is 32.6 Å². The zero-order valence-electron chi connectivity index (χ0n) is 14.7. The first-order valence-corrected chi connectivity index (χ1v) is 9.68. The SMILES string of the molecule is CCOC(=O)c1c(NC(=O)/C=C/c2c(Cl)cccc2Cl)sc(C)c1CC. The van der Waals surface area contributed by atoms with Gasteiger partial charge in [0.15, 0.2) is 0 Å². The number of amides is 1. The Labute approximate surface area is 166 Å². The Morgan fingerprint density at radius 2 is 1.88 bits per heavy atom. The molecule has 0 radical (unpaired) electrons. The molecular weight excluding hydrogens is 393 g/mol.